The van der Waals surface area contributed by atoms with Crippen molar-refractivity contribution in [1.29, 1.82) is 0 Å². The molecule has 1 saturated carbocycles. The Morgan fingerprint density at radius 2 is 2.14 bits per heavy atom. The molecular formula is C6H11B-. The zero-order valence-corrected chi connectivity index (χ0v) is 4.85. The molecule has 39 valence electrons. The maximum absolute atomic E-state index is 5.68. The van der Waals surface area contributed by atoms with Gasteiger partial charge in [0.25, 0.3) is 0 Å². The van der Waals surface area contributed by atoms with Gasteiger partial charge in [0.15, 0.2) is 0 Å². The molecule has 0 nitrogen and oxygen atoms in total. The summed E-state index contributed by atoms with van der Waals surface area (Å²) in [6, 6.07) is 0. The Labute approximate surface area is 46.7 Å². The summed E-state index contributed by atoms with van der Waals surface area (Å²) in [4.78, 5) is 0. The van der Waals surface area contributed by atoms with E-state index in [4.69, 9.17) is 7.85 Å². The normalized spacial score (nSPS) is 42.0. The van der Waals surface area contributed by atoms with E-state index in [1.165, 1.54) is 19.3 Å². The Morgan fingerprint density at radius 1 is 1.43 bits per heavy atom. The van der Waals surface area contributed by atoms with Crippen molar-refractivity contribution in [2.24, 2.45) is 5.92 Å². The largest absolute Gasteiger partial charge is 0.621 e. The second-order valence-electron chi connectivity index (χ2n) is 2.57. The fourth-order valence-electron chi connectivity index (χ4n) is 1.17. The van der Waals surface area contributed by atoms with Crippen LogP contribution in [0.1, 0.15) is 26.2 Å². The fourth-order valence-corrected chi connectivity index (χ4v) is 1.17. The van der Waals surface area contributed by atoms with Crippen LogP contribution in [0.15, 0.2) is 0 Å². The first-order valence-electron chi connectivity index (χ1n) is 3.06. The SMILES string of the molecule is [B-][C@@H]1CCC[C@H]1C. The van der Waals surface area contributed by atoms with Crippen LogP contribution < -0.4 is 0 Å². The first-order valence-corrected chi connectivity index (χ1v) is 3.06. The van der Waals surface area contributed by atoms with Gasteiger partial charge in [0, 0.05) is 0 Å². The average molecular weight is 94.0 g/mol. The third-order valence-corrected chi connectivity index (χ3v) is 1.93. The number of hydrogen-bond acceptors (Lipinski definition) is 0. The third-order valence-electron chi connectivity index (χ3n) is 1.93. The van der Waals surface area contributed by atoms with Crippen LogP contribution in [-0.2, 0) is 0 Å². The molecule has 1 heteroatoms. The molecule has 2 atom stereocenters. The highest BCUT2D eigenvalue weighted by molar-refractivity contribution is 6.11. The van der Waals surface area contributed by atoms with Gasteiger partial charge in [-0.2, -0.15) is 0 Å². The second kappa shape index (κ2) is 1.89. The highest BCUT2D eigenvalue weighted by atomic mass is 14.2. The Bertz CT molecular complexity index is 53.2. The lowest BCUT2D eigenvalue weighted by atomic mass is 9.80. The monoisotopic (exact) mass is 94.1 g/mol. The van der Waals surface area contributed by atoms with Crippen LogP contribution in [0.5, 0.6) is 0 Å². The average Bonchev–Trinajstić information content (AvgIpc) is 1.91. The van der Waals surface area contributed by atoms with Crippen molar-refractivity contribution >= 4 is 7.85 Å². The molecule has 1 aliphatic rings. The molecule has 0 spiro atoms. The Balaban J connectivity index is 2.33. The van der Waals surface area contributed by atoms with Crippen molar-refractivity contribution in [3.8, 4) is 0 Å². The van der Waals surface area contributed by atoms with E-state index >= 15 is 0 Å². The van der Waals surface area contributed by atoms with Gasteiger partial charge in [-0.1, -0.05) is 32.1 Å². The van der Waals surface area contributed by atoms with Crippen molar-refractivity contribution in [1.82, 2.24) is 0 Å². The Morgan fingerprint density at radius 3 is 2.29 bits per heavy atom. The van der Waals surface area contributed by atoms with E-state index in [9.17, 15) is 0 Å². The molecule has 0 aromatic carbocycles. The minimum atomic E-state index is 0.514. The van der Waals surface area contributed by atoms with Crippen LogP contribution >= 0.6 is 0 Å². The zero-order chi connectivity index (χ0) is 5.28. The Kier molecular flexibility index (Phi) is 1.41. The first kappa shape index (κ1) is 5.21. The summed E-state index contributed by atoms with van der Waals surface area (Å²) in [6.45, 7) is 2.23. The highest BCUT2D eigenvalue weighted by Crippen LogP contribution is 2.32. The van der Waals surface area contributed by atoms with Gasteiger partial charge < -0.3 is 7.85 Å². The van der Waals surface area contributed by atoms with E-state index in [0.29, 0.717) is 5.82 Å². The Hall–Kier alpha value is 0.0649. The summed E-state index contributed by atoms with van der Waals surface area (Å²) in [7, 11) is 5.68. The van der Waals surface area contributed by atoms with Crippen molar-refractivity contribution < 1.29 is 0 Å². The molecule has 0 heterocycles. The minimum absolute atomic E-state index is 0.514. The predicted molar refractivity (Wildman–Crippen MR) is 32.5 cm³/mol. The van der Waals surface area contributed by atoms with E-state index in [2.05, 4.69) is 6.92 Å². The van der Waals surface area contributed by atoms with E-state index in [1.807, 2.05) is 0 Å². The molecule has 1 fully saturated rings. The zero-order valence-electron chi connectivity index (χ0n) is 4.85. The summed E-state index contributed by atoms with van der Waals surface area (Å²) in [6.07, 6.45) is 3.95. The van der Waals surface area contributed by atoms with Crippen LogP contribution in [0.4, 0.5) is 0 Å². The summed E-state index contributed by atoms with van der Waals surface area (Å²) in [5.41, 5.74) is 0. The van der Waals surface area contributed by atoms with Gasteiger partial charge in [0.2, 0.25) is 0 Å². The van der Waals surface area contributed by atoms with Gasteiger partial charge in [0.1, 0.15) is 0 Å². The topological polar surface area (TPSA) is 0 Å². The summed E-state index contributed by atoms with van der Waals surface area (Å²) < 4.78 is 0. The molecule has 0 N–H and O–H groups in total. The van der Waals surface area contributed by atoms with Gasteiger partial charge in [-0.15, -0.1) is 0 Å². The smallest absolute Gasteiger partial charge is 0.0539 e. The van der Waals surface area contributed by atoms with Gasteiger partial charge in [-0.3, -0.25) is 5.82 Å². The molecule has 0 aromatic rings. The van der Waals surface area contributed by atoms with Crippen LogP contribution in [0.25, 0.3) is 0 Å². The van der Waals surface area contributed by atoms with Crippen LogP contribution in [-0.4, -0.2) is 7.85 Å². The van der Waals surface area contributed by atoms with Crippen LogP contribution in [0.2, 0.25) is 5.82 Å². The lowest BCUT2D eigenvalue weighted by Gasteiger charge is -2.21. The molecule has 1 rings (SSSR count). The van der Waals surface area contributed by atoms with E-state index in [0.717, 1.165) is 5.92 Å². The summed E-state index contributed by atoms with van der Waals surface area (Å²) >= 11 is 0. The summed E-state index contributed by atoms with van der Waals surface area (Å²) in [5, 5.41) is 0. The molecule has 0 unspecified atom stereocenters. The lowest BCUT2D eigenvalue weighted by molar-refractivity contribution is 0.611. The molecule has 3 radical (unpaired) electrons. The minimum Gasteiger partial charge on any atom is -0.621 e. The molecule has 1 aliphatic carbocycles. The molecule has 0 aromatic heterocycles. The van der Waals surface area contributed by atoms with Gasteiger partial charge in [-0.25, -0.2) is 0 Å². The lowest BCUT2D eigenvalue weighted by Crippen LogP contribution is -1.93. The maximum atomic E-state index is 5.68. The molecule has 0 saturated heterocycles. The van der Waals surface area contributed by atoms with Gasteiger partial charge >= 0.3 is 0 Å². The van der Waals surface area contributed by atoms with Crippen LogP contribution in [0, 0.1) is 5.92 Å². The second-order valence-corrected chi connectivity index (χ2v) is 2.57. The van der Waals surface area contributed by atoms with Crippen LogP contribution in [0.3, 0.4) is 0 Å². The van der Waals surface area contributed by atoms with E-state index in [-0.39, 0.29) is 0 Å². The summed E-state index contributed by atoms with van der Waals surface area (Å²) in [5.74, 6) is 1.31. The molecule has 0 aliphatic heterocycles. The molecular weight excluding hydrogens is 82.9 g/mol. The molecule has 0 amide bonds. The third kappa shape index (κ3) is 0.989. The van der Waals surface area contributed by atoms with Crippen molar-refractivity contribution in [2.45, 2.75) is 32.0 Å². The molecule has 0 bridgehead atoms. The van der Waals surface area contributed by atoms with Gasteiger partial charge in [0.05, 0.1) is 0 Å². The standard InChI is InChI=1S/C6H11B/c1-5-3-2-4-6(5)7/h5-6H,2-4H2,1H3/q-1/t5-,6-/m1/s1. The fraction of sp³-hybridized carbons (Fsp3) is 1.00. The van der Waals surface area contributed by atoms with Gasteiger partial charge in [-0.05, 0) is 0 Å². The highest BCUT2D eigenvalue weighted by Gasteiger charge is 2.08. The maximum Gasteiger partial charge on any atom is -0.0539 e. The predicted octanol–water partition coefficient (Wildman–Crippen LogP) is 1.76. The number of hydrogen-bond donors (Lipinski definition) is 0. The van der Waals surface area contributed by atoms with E-state index in [1.54, 1.807) is 0 Å². The van der Waals surface area contributed by atoms with Crippen molar-refractivity contribution in [3.05, 3.63) is 0 Å². The molecule has 7 heavy (non-hydrogen) atoms. The quantitative estimate of drug-likeness (QED) is 0.401. The van der Waals surface area contributed by atoms with E-state index < -0.39 is 0 Å². The first-order chi connectivity index (χ1) is 3.30. The van der Waals surface area contributed by atoms with Crippen molar-refractivity contribution in [2.75, 3.05) is 0 Å². The number of rotatable bonds is 0. The van der Waals surface area contributed by atoms with Crippen molar-refractivity contribution in [3.63, 3.8) is 0 Å².